The Morgan fingerprint density at radius 3 is 2.53 bits per heavy atom. The summed E-state index contributed by atoms with van der Waals surface area (Å²) in [5.41, 5.74) is 2.43. The van der Waals surface area contributed by atoms with Gasteiger partial charge in [0.25, 0.3) is 0 Å². The highest BCUT2D eigenvalue weighted by Crippen LogP contribution is 2.24. The molecule has 4 rings (SSSR count). The molecule has 2 aromatic carbocycles. The summed E-state index contributed by atoms with van der Waals surface area (Å²) in [6.07, 6.45) is 2.87. The minimum absolute atomic E-state index is 0. The number of nitriles is 1. The average Bonchev–Trinajstić information content (AvgIpc) is 3.08. The summed E-state index contributed by atoms with van der Waals surface area (Å²) in [5.74, 6) is -0.526. The number of benzene rings is 2. The molecule has 0 aliphatic carbocycles. The third-order valence-corrected chi connectivity index (χ3v) is 8.83. The number of nitrogens with zero attached hydrogens (tertiary/aromatic N) is 4. The van der Waals surface area contributed by atoms with Gasteiger partial charge in [-0.3, -0.25) is 9.80 Å². The maximum Gasteiger partial charge on any atom is 0.243 e. The molecule has 6 nitrogen and oxygen atoms in total. The van der Waals surface area contributed by atoms with Crippen LogP contribution >= 0.6 is 12.4 Å². The molecule has 2 aromatic rings. The van der Waals surface area contributed by atoms with Gasteiger partial charge in [-0.2, -0.15) is 9.57 Å². The van der Waals surface area contributed by atoms with Gasteiger partial charge >= 0.3 is 0 Å². The molecule has 2 saturated heterocycles. The number of likely N-dealkylation sites (tertiary alicyclic amines) is 1. The highest BCUT2D eigenvalue weighted by atomic mass is 35.5. The Morgan fingerprint density at radius 2 is 1.79 bits per heavy atom. The van der Waals surface area contributed by atoms with Crippen LogP contribution < -0.4 is 0 Å². The number of hydrogen-bond acceptors (Lipinski definition) is 5. The van der Waals surface area contributed by atoms with Gasteiger partial charge in [0.05, 0.1) is 16.5 Å². The molecule has 2 aliphatic rings. The minimum Gasteiger partial charge on any atom is -0.299 e. The summed E-state index contributed by atoms with van der Waals surface area (Å²) >= 11 is 0. The molecule has 0 spiro atoms. The number of rotatable bonds is 5. The third-order valence-electron chi connectivity index (χ3n) is 6.79. The van der Waals surface area contributed by atoms with Crippen molar-refractivity contribution < 1.29 is 12.8 Å². The summed E-state index contributed by atoms with van der Waals surface area (Å²) in [6, 6.07) is 14.4. The Morgan fingerprint density at radius 1 is 1.03 bits per heavy atom. The van der Waals surface area contributed by atoms with E-state index in [1.165, 1.54) is 16.4 Å². The molecule has 0 unspecified atom stereocenters. The molecule has 2 aliphatic heterocycles. The Hall–Kier alpha value is -2.02. The lowest BCUT2D eigenvalue weighted by Crippen LogP contribution is -2.46. The lowest BCUT2D eigenvalue weighted by Gasteiger charge is -2.38. The van der Waals surface area contributed by atoms with Crippen molar-refractivity contribution in [1.29, 1.82) is 5.26 Å². The molecule has 0 atom stereocenters. The molecule has 2 fully saturated rings. The Kier molecular flexibility index (Phi) is 9.07. The van der Waals surface area contributed by atoms with E-state index in [1.54, 1.807) is 6.92 Å². The van der Waals surface area contributed by atoms with Crippen LogP contribution in [0.3, 0.4) is 0 Å². The first-order valence-electron chi connectivity index (χ1n) is 11.6. The minimum atomic E-state index is -3.71. The second kappa shape index (κ2) is 11.6. The van der Waals surface area contributed by atoms with Gasteiger partial charge in [-0.25, -0.2) is 12.8 Å². The van der Waals surface area contributed by atoms with Gasteiger partial charge in [0.15, 0.2) is 0 Å². The first-order valence-corrected chi connectivity index (χ1v) is 13.0. The fraction of sp³-hybridized carbons (Fsp3) is 0.480. The maximum absolute atomic E-state index is 13.7. The predicted octanol–water partition coefficient (Wildman–Crippen LogP) is 3.79. The zero-order chi connectivity index (χ0) is 23.4. The monoisotopic (exact) mass is 506 g/mol. The molecule has 2 heterocycles. The largest absolute Gasteiger partial charge is 0.299 e. The van der Waals surface area contributed by atoms with E-state index in [-0.39, 0.29) is 17.3 Å². The smallest absolute Gasteiger partial charge is 0.243 e. The second-order valence-electron chi connectivity index (χ2n) is 9.02. The summed E-state index contributed by atoms with van der Waals surface area (Å²) in [7, 11) is -3.71. The van der Waals surface area contributed by atoms with Crippen LogP contribution in [0.5, 0.6) is 0 Å². The van der Waals surface area contributed by atoms with Crippen molar-refractivity contribution in [2.24, 2.45) is 0 Å². The number of hydrogen-bond donors (Lipinski definition) is 0. The molecular formula is C25H32ClFN4O2S. The first-order chi connectivity index (χ1) is 15.9. The van der Waals surface area contributed by atoms with E-state index in [2.05, 4.69) is 21.9 Å². The highest BCUT2D eigenvalue weighted by Gasteiger charge is 2.31. The van der Waals surface area contributed by atoms with E-state index in [9.17, 15) is 12.8 Å². The summed E-state index contributed by atoms with van der Waals surface area (Å²) < 4.78 is 41.6. The molecule has 0 saturated carbocycles. The van der Waals surface area contributed by atoms with Crippen LogP contribution in [0.25, 0.3) is 0 Å². The Balaban J connectivity index is 0.00000324. The van der Waals surface area contributed by atoms with Crippen molar-refractivity contribution in [1.82, 2.24) is 14.1 Å². The molecular weight excluding hydrogens is 475 g/mol. The summed E-state index contributed by atoms with van der Waals surface area (Å²) in [5, 5.41) is 9.10. The van der Waals surface area contributed by atoms with Crippen LogP contribution in [0.2, 0.25) is 0 Å². The SMILES string of the molecule is Cc1ccc(F)cc1S(=O)(=O)N1CCCN(C2CCN(Cc3cccc(C#N)c3)CC2)CC1.Cl. The Bertz CT molecular complexity index is 1130. The van der Waals surface area contributed by atoms with Gasteiger partial charge in [-0.1, -0.05) is 18.2 Å². The van der Waals surface area contributed by atoms with E-state index >= 15 is 0 Å². The fourth-order valence-electron chi connectivity index (χ4n) is 4.95. The van der Waals surface area contributed by atoms with E-state index in [0.717, 1.165) is 57.1 Å². The normalized spacial score (nSPS) is 19.2. The van der Waals surface area contributed by atoms with Crippen molar-refractivity contribution in [3.05, 3.63) is 65.0 Å². The lowest BCUT2D eigenvalue weighted by molar-refractivity contribution is 0.108. The van der Waals surface area contributed by atoms with Crippen LogP contribution in [0.15, 0.2) is 47.4 Å². The van der Waals surface area contributed by atoms with Gasteiger partial charge in [0.1, 0.15) is 5.82 Å². The van der Waals surface area contributed by atoms with Crippen LogP contribution in [-0.4, -0.2) is 67.8 Å². The Labute approximate surface area is 208 Å². The quantitative estimate of drug-likeness (QED) is 0.617. The molecule has 9 heteroatoms. The molecule has 184 valence electrons. The number of halogens is 2. The van der Waals surface area contributed by atoms with E-state index in [4.69, 9.17) is 5.26 Å². The second-order valence-corrected chi connectivity index (χ2v) is 10.9. The number of aryl methyl sites for hydroxylation is 1. The van der Waals surface area contributed by atoms with E-state index in [0.29, 0.717) is 36.8 Å². The van der Waals surface area contributed by atoms with Crippen molar-refractivity contribution in [2.75, 3.05) is 39.3 Å². The average molecular weight is 507 g/mol. The summed E-state index contributed by atoms with van der Waals surface area (Å²) in [4.78, 5) is 4.93. The zero-order valence-corrected chi connectivity index (χ0v) is 21.1. The van der Waals surface area contributed by atoms with Gasteiger partial charge in [-0.05, 0) is 81.2 Å². The number of piperidine rings is 1. The van der Waals surface area contributed by atoms with Crippen molar-refractivity contribution in [3.8, 4) is 6.07 Å². The topological polar surface area (TPSA) is 67.7 Å². The van der Waals surface area contributed by atoms with Crippen molar-refractivity contribution in [2.45, 2.75) is 43.7 Å². The van der Waals surface area contributed by atoms with Crippen molar-refractivity contribution in [3.63, 3.8) is 0 Å². The molecule has 0 amide bonds. The van der Waals surface area contributed by atoms with Crippen molar-refractivity contribution >= 4 is 22.4 Å². The van der Waals surface area contributed by atoms with Crippen LogP contribution in [-0.2, 0) is 16.6 Å². The molecule has 0 aromatic heterocycles. The zero-order valence-electron chi connectivity index (χ0n) is 19.5. The molecule has 0 radical (unpaired) electrons. The van der Waals surface area contributed by atoms with Crippen LogP contribution in [0, 0.1) is 24.1 Å². The van der Waals surface area contributed by atoms with Gasteiger partial charge in [-0.15, -0.1) is 12.4 Å². The molecule has 34 heavy (non-hydrogen) atoms. The predicted molar refractivity (Wildman–Crippen MR) is 133 cm³/mol. The maximum atomic E-state index is 13.7. The van der Waals surface area contributed by atoms with Gasteiger partial charge in [0.2, 0.25) is 10.0 Å². The van der Waals surface area contributed by atoms with Gasteiger partial charge < -0.3 is 0 Å². The molecule has 0 N–H and O–H groups in total. The third kappa shape index (κ3) is 6.15. The number of sulfonamides is 1. The van der Waals surface area contributed by atoms with E-state index < -0.39 is 15.8 Å². The van der Waals surface area contributed by atoms with Gasteiger partial charge in [0, 0.05) is 32.2 Å². The first kappa shape index (κ1) is 26.6. The van der Waals surface area contributed by atoms with Crippen LogP contribution in [0.1, 0.15) is 36.0 Å². The fourth-order valence-corrected chi connectivity index (χ4v) is 6.66. The summed E-state index contributed by atoms with van der Waals surface area (Å²) in [6.45, 7) is 7.00. The lowest BCUT2D eigenvalue weighted by atomic mass is 10.0. The molecule has 0 bridgehead atoms. The standard InChI is InChI=1S/C25H31FN4O2S.ClH/c1-20-6-7-23(26)17-25(20)33(31,32)30-11-3-10-29(14-15-30)24-8-12-28(13-9-24)19-22-5-2-4-21(16-22)18-27;/h2,4-7,16-17,24H,3,8-15,19H2,1H3;1H. The van der Waals surface area contributed by atoms with E-state index in [1.807, 2.05) is 18.2 Å². The highest BCUT2D eigenvalue weighted by molar-refractivity contribution is 7.89. The van der Waals surface area contributed by atoms with Crippen LogP contribution in [0.4, 0.5) is 4.39 Å².